The van der Waals surface area contributed by atoms with Crippen LogP contribution in [0.2, 0.25) is 0 Å². The van der Waals surface area contributed by atoms with Crippen LogP contribution in [0, 0.1) is 13.8 Å². The molecule has 0 aliphatic rings. The molecule has 0 unspecified atom stereocenters. The van der Waals surface area contributed by atoms with Gasteiger partial charge in [-0.1, -0.05) is 0 Å². The van der Waals surface area contributed by atoms with E-state index in [0.29, 0.717) is 11.3 Å². The highest BCUT2D eigenvalue weighted by atomic mass is 16.1. The van der Waals surface area contributed by atoms with Crippen molar-refractivity contribution in [2.45, 2.75) is 13.8 Å². The molecule has 0 fully saturated rings. The number of imidazole rings is 1. The van der Waals surface area contributed by atoms with Crippen LogP contribution < -0.4 is 0 Å². The van der Waals surface area contributed by atoms with Crippen molar-refractivity contribution in [2.24, 2.45) is 0 Å². The minimum atomic E-state index is 0.563. The number of carbonyl (C=O) groups excluding carboxylic acids is 1. The number of nitrogens with zero attached hydrogens (tertiary/aromatic N) is 3. The highest BCUT2D eigenvalue weighted by molar-refractivity contribution is 5.73. The van der Waals surface area contributed by atoms with E-state index in [0.717, 1.165) is 17.7 Å². The number of rotatable bonds is 1. The number of hydrogen-bond acceptors (Lipinski definition) is 3. The van der Waals surface area contributed by atoms with Crippen LogP contribution in [0.4, 0.5) is 0 Å². The van der Waals surface area contributed by atoms with Crippen LogP contribution in [0.5, 0.6) is 0 Å². The van der Waals surface area contributed by atoms with E-state index in [1.165, 1.54) is 6.20 Å². The highest BCUT2D eigenvalue weighted by Gasteiger charge is 2.04. The van der Waals surface area contributed by atoms with Crippen molar-refractivity contribution in [3.05, 3.63) is 29.3 Å². The zero-order valence-electron chi connectivity index (χ0n) is 7.48. The van der Waals surface area contributed by atoms with Crippen molar-refractivity contribution in [3.8, 4) is 0 Å². The molecule has 0 atom stereocenters. The molecule has 0 radical (unpaired) electrons. The summed E-state index contributed by atoms with van der Waals surface area (Å²) in [6.07, 6.45) is 4.04. The lowest BCUT2D eigenvalue weighted by atomic mass is 10.3. The molecule has 0 N–H and O–H groups in total. The molecule has 0 aliphatic heterocycles. The van der Waals surface area contributed by atoms with Gasteiger partial charge >= 0.3 is 0 Å². The second kappa shape index (κ2) is 2.65. The summed E-state index contributed by atoms with van der Waals surface area (Å²) in [6, 6.07) is 0. The number of fused-ring (bicyclic) bond motifs is 1. The Bertz CT molecular complexity index is 473. The van der Waals surface area contributed by atoms with E-state index in [2.05, 4.69) is 9.97 Å². The predicted octanol–water partition coefficient (Wildman–Crippen LogP) is 1.16. The van der Waals surface area contributed by atoms with Gasteiger partial charge in [-0.2, -0.15) is 0 Å². The first kappa shape index (κ1) is 7.91. The molecular formula is C9H9N3O. The van der Waals surface area contributed by atoms with Gasteiger partial charge in [-0.25, -0.2) is 9.97 Å². The van der Waals surface area contributed by atoms with Crippen molar-refractivity contribution in [2.75, 3.05) is 0 Å². The van der Waals surface area contributed by atoms with Gasteiger partial charge in [-0.05, 0) is 13.8 Å². The Morgan fingerprint density at radius 3 is 2.92 bits per heavy atom. The Morgan fingerprint density at radius 2 is 2.23 bits per heavy atom. The van der Waals surface area contributed by atoms with Gasteiger partial charge in [0.1, 0.15) is 0 Å². The minimum Gasteiger partial charge on any atom is -0.298 e. The van der Waals surface area contributed by atoms with Crippen LogP contribution >= 0.6 is 0 Å². The molecule has 66 valence electrons. The summed E-state index contributed by atoms with van der Waals surface area (Å²) in [5, 5.41) is 0. The SMILES string of the molecule is Cc1nc2ncc(C=O)cn2c1C. The summed E-state index contributed by atoms with van der Waals surface area (Å²) in [5.74, 6) is 0.639. The second-order valence-corrected chi connectivity index (χ2v) is 2.96. The van der Waals surface area contributed by atoms with Crippen LogP contribution in [0.15, 0.2) is 12.4 Å². The van der Waals surface area contributed by atoms with Gasteiger partial charge in [-0.15, -0.1) is 0 Å². The molecule has 0 aromatic carbocycles. The van der Waals surface area contributed by atoms with Crippen LogP contribution in [-0.4, -0.2) is 20.7 Å². The fraction of sp³-hybridized carbons (Fsp3) is 0.222. The van der Waals surface area contributed by atoms with Crippen molar-refractivity contribution < 1.29 is 4.79 Å². The monoisotopic (exact) mass is 175 g/mol. The predicted molar refractivity (Wildman–Crippen MR) is 47.8 cm³/mol. The summed E-state index contributed by atoms with van der Waals surface area (Å²) >= 11 is 0. The topological polar surface area (TPSA) is 47.3 Å². The van der Waals surface area contributed by atoms with Gasteiger partial charge in [-0.3, -0.25) is 9.20 Å². The molecule has 4 heteroatoms. The highest BCUT2D eigenvalue weighted by Crippen LogP contribution is 2.08. The summed E-state index contributed by atoms with van der Waals surface area (Å²) in [6.45, 7) is 3.87. The number of aldehydes is 1. The second-order valence-electron chi connectivity index (χ2n) is 2.96. The van der Waals surface area contributed by atoms with Crippen molar-refractivity contribution in [1.29, 1.82) is 0 Å². The van der Waals surface area contributed by atoms with E-state index >= 15 is 0 Å². The van der Waals surface area contributed by atoms with Crippen molar-refractivity contribution >= 4 is 12.1 Å². The van der Waals surface area contributed by atoms with Crippen LogP contribution in [-0.2, 0) is 0 Å². The summed E-state index contributed by atoms with van der Waals surface area (Å²) in [7, 11) is 0. The molecule has 2 aromatic rings. The van der Waals surface area contributed by atoms with Gasteiger partial charge < -0.3 is 0 Å². The number of aryl methyl sites for hydroxylation is 2. The Labute approximate surface area is 75.2 Å². The Hall–Kier alpha value is -1.71. The maximum Gasteiger partial charge on any atom is 0.234 e. The average molecular weight is 175 g/mol. The minimum absolute atomic E-state index is 0.563. The fourth-order valence-electron chi connectivity index (χ4n) is 1.23. The quantitative estimate of drug-likeness (QED) is 0.611. The molecule has 0 saturated carbocycles. The number of carbonyl (C=O) groups is 1. The van der Waals surface area contributed by atoms with E-state index in [9.17, 15) is 4.79 Å². The van der Waals surface area contributed by atoms with E-state index in [-0.39, 0.29) is 0 Å². The first-order valence-electron chi connectivity index (χ1n) is 3.99. The van der Waals surface area contributed by atoms with Crippen LogP contribution in [0.3, 0.4) is 0 Å². The van der Waals surface area contributed by atoms with Crippen LogP contribution in [0.1, 0.15) is 21.7 Å². The number of aromatic nitrogens is 3. The zero-order chi connectivity index (χ0) is 9.42. The number of hydrogen-bond donors (Lipinski definition) is 0. The average Bonchev–Trinajstić information content (AvgIpc) is 2.43. The van der Waals surface area contributed by atoms with E-state index in [4.69, 9.17) is 0 Å². The maximum absolute atomic E-state index is 10.5. The molecule has 0 saturated heterocycles. The standard InChI is InChI=1S/C9H9N3O/c1-6-7(2)12-4-8(5-13)3-10-9(12)11-6/h3-5H,1-2H3. The van der Waals surface area contributed by atoms with Crippen molar-refractivity contribution in [3.63, 3.8) is 0 Å². The maximum atomic E-state index is 10.5. The van der Waals surface area contributed by atoms with E-state index in [1.54, 1.807) is 6.20 Å². The molecule has 2 heterocycles. The van der Waals surface area contributed by atoms with Gasteiger partial charge in [0.05, 0.1) is 5.69 Å². The lowest BCUT2D eigenvalue weighted by Gasteiger charge is -1.95. The molecular weight excluding hydrogens is 166 g/mol. The normalized spacial score (nSPS) is 10.6. The third kappa shape index (κ3) is 1.11. The summed E-state index contributed by atoms with van der Waals surface area (Å²) < 4.78 is 1.82. The molecule has 0 bridgehead atoms. The molecule has 13 heavy (non-hydrogen) atoms. The lowest BCUT2D eigenvalue weighted by Crippen LogP contribution is -1.93. The smallest absolute Gasteiger partial charge is 0.234 e. The molecule has 0 amide bonds. The fourth-order valence-corrected chi connectivity index (χ4v) is 1.23. The van der Waals surface area contributed by atoms with Crippen molar-refractivity contribution in [1.82, 2.24) is 14.4 Å². The lowest BCUT2D eigenvalue weighted by molar-refractivity contribution is 0.112. The molecule has 0 spiro atoms. The third-order valence-corrected chi connectivity index (χ3v) is 2.11. The molecule has 2 aromatic heterocycles. The Kier molecular flexibility index (Phi) is 1.62. The summed E-state index contributed by atoms with van der Waals surface area (Å²) in [5.41, 5.74) is 2.52. The van der Waals surface area contributed by atoms with E-state index in [1.807, 2.05) is 18.2 Å². The van der Waals surface area contributed by atoms with Gasteiger partial charge in [0.15, 0.2) is 6.29 Å². The van der Waals surface area contributed by atoms with E-state index < -0.39 is 0 Å². The molecule has 4 nitrogen and oxygen atoms in total. The zero-order valence-corrected chi connectivity index (χ0v) is 7.48. The Morgan fingerprint density at radius 1 is 1.46 bits per heavy atom. The first-order chi connectivity index (χ1) is 6.22. The third-order valence-electron chi connectivity index (χ3n) is 2.11. The first-order valence-corrected chi connectivity index (χ1v) is 3.99. The largest absolute Gasteiger partial charge is 0.298 e. The molecule has 2 rings (SSSR count). The van der Waals surface area contributed by atoms with Gasteiger partial charge in [0.2, 0.25) is 5.78 Å². The Balaban J connectivity index is 2.81. The summed E-state index contributed by atoms with van der Waals surface area (Å²) in [4.78, 5) is 18.8. The van der Waals surface area contributed by atoms with Gasteiger partial charge in [0, 0.05) is 23.7 Å². The molecule has 0 aliphatic carbocycles. The van der Waals surface area contributed by atoms with Crippen LogP contribution in [0.25, 0.3) is 5.78 Å². The van der Waals surface area contributed by atoms with Gasteiger partial charge in [0.25, 0.3) is 0 Å².